The number of rotatable bonds is 8. The molecule has 9 heteroatoms. The molecule has 0 bridgehead atoms. The average molecular weight is 483 g/mol. The van der Waals surface area contributed by atoms with Crippen molar-refractivity contribution in [3.8, 4) is 0 Å². The first-order valence-corrected chi connectivity index (χ1v) is 14.7. The normalized spacial score (nSPS) is 19.8. The number of nitrogens with zero attached hydrogens (tertiary/aromatic N) is 2. The van der Waals surface area contributed by atoms with Gasteiger partial charge in [-0.1, -0.05) is 27.7 Å². The Morgan fingerprint density at radius 3 is 2.33 bits per heavy atom. The maximum atomic E-state index is 13.1. The molecule has 8 nitrogen and oxygen atoms in total. The van der Waals surface area contributed by atoms with Crippen LogP contribution in [0.1, 0.15) is 73.1 Å². The Kier molecular flexibility index (Phi) is 8.24. The Hall–Kier alpha value is -1.71. The summed E-state index contributed by atoms with van der Waals surface area (Å²) in [5, 5.41) is 0.110. The lowest BCUT2D eigenvalue weighted by molar-refractivity contribution is -0.157. The van der Waals surface area contributed by atoms with Crippen LogP contribution in [0, 0.1) is 18.3 Å². The molecule has 2 heterocycles. The number of carbonyl (C=O) groups excluding carboxylic acids is 1. The van der Waals surface area contributed by atoms with E-state index >= 15 is 0 Å². The fraction of sp³-hybridized carbons (Fsp3) is 0.792. The molecule has 0 N–H and O–H groups in total. The van der Waals surface area contributed by atoms with Crippen LogP contribution in [0.15, 0.2) is 15.8 Å². The van der Waals surface area contributed by atoms with Crippen molar-refractivity contribution < 1.29 is 18.7 Å². The molecule has 0 unspecified atom stereocenters. The third kappa shape index (κ3) is 6.05. The molecule has 2 rings (SSSR count). The van der Waals surface area contributed by atoms with E-state index < -0.39 is 43.9 Å². The Bertz CT molecular complexity index is 971. The maximum Gasteiger partial charge on any atom is 0.335 e. The van der Waals surface area contributed by atoms with Crippen LogP contribution in [0.25, 0.3) is 0 Å². The van der Waals surface area contributed by atoms with E-state index in [1.54, 1.807) is 27.7 Å². The number of aromatic nitrogens is 2. The Balaban J connectivity index is 2.14. The summed E-state index contributed by atoms with van der Waals surface area (Å²) in [5.74, 6) is 0.0266. The molecular weight excluding hydrogens is 440 g/mol. The highest BCUT2D eigenvalue weighted by Crippen LogP contribution is 2.45. The highest BCUT2D eigenvalue weighted by molar-refractivity contribution is 6.74. The summed E-state index contributed by atoms with van der Waals surface area (Å²) in [7, 11) is -1.98. The van der Waals surface area contributed by atoms with Crippen molar-refractivity contribution in [3.63, 3.8) is 0 Å². The second-order valence-electron chi connectivity index (χ2n) is 11.5. The molecule has 0 radical (unpaired) electrons. The number of carbonyl (C=O) groups is 1. The molecule has 0 aliphatic carbocycles. The van der Waals surface area contributed by atoms with E-state index in [0.717, 1.165) is 11.0 Å². The van der Waals surface area contributed by atoms with Gasteiger partial charge in [0.25, 0.3) is 5.56 Å². The predicted octanol–water partition coefficient (Wildman–Crippen LogP) is 4.20. The first-order chi connectivity index (χ1) is 15.0. The lowest BCUT2D eigenvalue weighted by Crippen LogP contribution is -2.46. The summed E-state index contributed by atoms with van der Waals surface area (Å²) < 4.78 is 20.2. The highest BCUT2D eigenvalue weighted by Gasteiger charge is 2.44. The summed E-state index contributed by atoms with van der Waals surface area (Å²) >= 11 is 0. The number of hydrogen-bond acceptors (Lipinski definition) is 6. The SMILES string of the molecule is Cc1cn([C@H]2CC[C@@H](CO[Si](C)(C)C(C)(C)C(C)C)O2)c(=O)n(COC(=O)C(C)(C)C)c1=O. The summed E-state index contributed by atoms with van der Waals surface area (Å²) in [5.41, 5.74) is -1.36. The quantitative estimate of drug-likeness (QED) is 0.408. The molecule has 2 atom stereocenters. The number of hydrogen-bond donors (Lipinski definition) is 0. The molecule has 0 amide bonds. The van der Waals surface area contributed by atoms with E-state index in [-0.39, 0.29) is 11.1 Å². The third-order valence-electron chi connectivity index (χ3n) is 7.32. The molecule has 1 aromatic rings. The zero-order valence-electron chi connectivity index (χ0n) is 22.0. The van der Waals surface area contributed by atoms with Gasteiger partial charge in [0.1, 0.15) is 6.23 Å². The van der Waals surface area contributed by atoms with Gasteiger partial charge < -0.3 is 13.9 Å². The standard InChI is InChI=1S/C24H42N2O6Si/c1-16(2)24(7,8)33(9,10)31-14-18-11-12-19(32-18)25-13-17(3)20(27)26(22(25)29)15-30-21(28)23(4,5)6/h13,16,18-19H,11-12,14-15H2,1-10H3/t18-,19+/m0/s1. The lowest BCUT2D eigenvalue weighted by atomic mass is 9.98. The molecule has 1 aliphatic rings. The van der Waals surface area contributed by atoms with Crippen LogP contribution >= 0.6 is 0 Å². The molecule has 1 saturated heterocycles. The fourth-order valence-corrected chi connectivity index (χ4v) is 5.98. The van der Waals surface area contributed by atoms with Crippen molar-refractivity contribution in [2.24, 2.45) is 11.3 Å². The molecule has 188 valence electrons. The minimum absolute atomic E-state index is 0.110. The van der Waals surface area contributed by atoms with Crippen molar-refractivity contribution in [3.05, 3.63) is 32.6 Å². The largest absolute Gasteiger partial charge is 0.443 e. The van der Waals surface area contributed by atoms with Crippen LogP contribution in [0.3, 0.4) is 0 Å². The molecule has 1 fully saturated rings. The van der Waals surface area contributed by atoms with E-state index in [9.17, 15) is 14.4 Å². The third-order valence-corrected chi connectivity index (χ3v) is 11.9. The van der Waals surface area contributed by atoms with Crippen molar-refractivity contribution in [1.29, 1.82) is 0 Å². The Morgan fingerprint density at radius 1 is 1.18 bits per heavy atom. The van der Waals surface area contributed by atoms with Crippen molar-refractivity contribution in [2.75, 3.05) is 6.61 Å². The van der Waals surface area contributed by atoms with Crippen molar-refractivity contribution in [1.82, 2.24) is 9.13 Å². The van der Waals surface area contributed by atoms with Crippen LogP contribution in [0.4, 0.5) is 0 Å². The molecule has 33 heavy (non-hydrogen) atoms. The predicted molar refractivity (Wildman–Crippen MR) is 131 cm³/mol. The summed E-state index contributed by atoms with van der Waals surface area (Å²) in [6.07, 6.45) is 2.33. The van der Waals surface area contributed by atoms with E-state index in [2.05, 4.69) is 40.8 Å². The van der Waals surface area contributed by atoms with Crippen molar-refractivity contribution in [2.45, 2.75) is 105 Å². The number of ether oxygens (including phenoxy) is 2. The van der Waals surface area contributed by atoms with Gasteiger partial charge >= 0.3 is 11.7 Å². The number of aryl methyl sites for hydroxylation is 1. The molecule has 0 saturated carbocycles. The van der Waals surface area contributed by atoms with E-state index in [1.807, 2.05) is 0 Å². The van der Waals surface area contributed by atoms with Gasteiger partial charge in [0, 0.05) is 11.8 Å². The maximum absolute atomic E-state index is 13.1. The Labute approximate surface area is 198 Å². The van der Waals surface area contributed by atoms with Gasteiger partial charge in [-0.2, -0.15) is 0 Å². The molecule has 1 aliphatic heterocycles. The minimum Gasteiger partial charge on any atom is -0.443 e. The lowest BCUT2D eigenvalue weighted by Gasteiger charge is -2.42. The van der Waals surface area contributed by atoms with Crippen LogP contribution in [-0.4, -0.2) is 36.1 Å². The second-order valence-corrected chi connectivity index (χ2v) is 16.1. The summed E-state index contributed by atoms with van der Waals surface area (Å²) in [6.45, 7) is 20.3. The van der Waals surface area contributed by atoms with Crippen molar-refractivity contribution >= 4 is 14.3 Å². The van der Waals surface area contributed by atoms with E-state index in [0.29, 0.717) is 24.5 Å². The topological polar surface area (TPSA) is 88.8 Å². The van der Waals surface area contributed by atoms with Gasteiger partial charge in [-0.25, -0.2) is 9.36 Å². The zero-order valence-corrected chi connectivity index (χ0v) is 23.0. The van der Waals surface area contributed by atoms with E-state index in [1.165, 1.54) is 10.8 Å². The van der Waals surface area contributed by atoms with Crippen LogP contribution in [0.5, 0.6) is 0 Å². The van der Waals surface area contributed by atoms with Gasteiger partial charge in [-0.3, -0.25) is 14.2 Å². The smallest absolute Gasteiger partial charge is 0.335 e. The Morgan fingerprint density at radius 2 is 1.79 bits per heavy atom. The van der Waals surface area contributed by atoms with Crippen LogP contribution in [0.2, 0.25) is 18.1 Å². The van der Waals surface area contributed by atoms with Crippen LogP contribution in [-0.2, 0) is 25.4 Å². The fourth-order valence-electron chi connectivity index (χ4n) is 3.61. The molecule has 1 aromatic heterocycles. The zero-order chi connectivity index (χ0) is 25.4. The summed E-state index contributed by atoms with van der Waals surface area (Å²) in [4.78, 5) is 37.7. The molecular formula is C24H42N2O6Si. The molecule has 0 aromatic carbocycles. The summed E-state index contributed by atoms with van der Waals surface area (Å²) in [6, 6.07) is 0. The van der Waals surface area contributed by atoms with Gasteiger partial charge in [0.2, 0.25) is 0 Å². The first-order valence-electron chi connectivity index (χ1n) is 11.8. The average Bonchev–Trinajstić information content (AvgIpc) is 3.16. The van der Waals surface area contributed by atoms with Gasteiger partial charge in [0.15, 0.2) is 15.0 Å². The van der Waals surface area contributed by atoms with Gasteiger partial charge in [-0.15, -0.1) is 0 Å². The van der Waals surface area contributed by atoms with Gasteiger partial charge in [-0.05, 0) is 64.6 Å². The van der Waals surface area contributed by atoms with E-state index in [4.69, 9.17) is 13.9 Å². The number of esters is 1. The van der Waals surface area contributed by atoms with Gasteiger partial charge in [0.05, 0.1) is 18.1 Å². The highest BCUT2D eigenvalue weighted by atomic mass is 28.4. The second kappa shape index (κ2) is 9.88. The molecule has 0 spiro atoms. The first kappa shape index (κ1) is 27.5. The minimum atomic E-state index is -1.98. The monoisotopic (exact) mass is 482 g/mol. The van der Waals surface area contributed by atoms with Crippen LogP contribution < -0.4 is 11.2 Å².